The Hall–Kier alpha value is -1.49. The van der Waals surface area contributed by atoms with Crippen molar-refractivity contribution in [3.05, 3.63) is 23.8 Å². The minimum Gasteiger partial charge on any atom is -0.382 e. The summed E-state index contributed by atoms with van der Waals surface area (Å²) in [5.74, 6) is 1.04. The van der Waals surface area contributed by atoms with Crippen molar-refractivity contribution in [3.8, 4) is 0 Å². The van der Waals surface area contributed by atoms with Crippen molar-refractivity contribution in [1.29, 1.82) is 0 Å². The molecule has 2 heterocycles. The molecule has 0 aliphatic rings. The topological polar surface area (TPSA) is 63.3 Å². The minimum absolute atomic E-state index is 0.507. The summed E-state index contributed by atoms with van der Waals surface area (Å²) in [6, 6.07) is 1.91. The number of rotatable bonds is 2. The van der Waals surface area contributed by atoms with Gasteiger partial charge in [-0.05, 0) is 26.3 Å². The van der Waals surface area contributed by atoms with Crippen molar-refractivity contribution in [3.63, 3.8) is 0 Å². The number of aryl methyl sites for hydroxylation is 1. The van der Waals surface area contributed by atoms with E-state index in [-0.39, 0.29) is 0 Å². The summed E-state index contributed by atoms with van der Waals surface area (Å²) < 4.78 is 1.71. The van der Waals surface area contributed by atoms with E-state index in [1.54, 1.807) is 18.2 Å². The second-order valence-electron chi connectivity index (χ2n) is 4.03. The van der Waals surface area contributed by atoms with Crippen molar-refractivity contribution in [2.24, 2.45) is 0 Å². The number of aromatic nitrogens is 4. The van der Waals surface area contributed by atoms with Gasteiger partial charge in [0.1, 0.15) is 5.60 Å². The maximum atomic E-state index is 9.85. The summed E-state index contributed by atoms with van der Waals surface area (Å²) in [5.41, 5.74) is -0.0355. The summed E-state index contributed by atoms with van der Waals surface area (Å²) in [6.45, 7) is 5.39. The normalized spacial score (nSPS) is 12.3. The van der Waals surface area contributed by atoms with Gasteiger partial charge >= 0.3 is 0 Å². The van der Waals surface area contributed by atoms with E-state index in [2.05, 4.69) is 15.2 Å². The molecule has 0 unspecified atom stereocenters. The van der Waals surface area contributed by atoms with Gasteiger partial charge in [0.2, 0.25) is 0 Å². The summed E-state index contributed by atoms with van der Waals surface area (Å²) in [7, 11) is 0. The van der Waals surface area contributed by atoms with Crippen LogP contribution in [0, 0.1) is 0 Å². The van der Waals surface area contributed by atoms with E-state index < -0.39 is 5.60 Å². The molecule has 5 heteroatoms. The van der Waals surface area contributed by atoms with Crippen LogP contribution in [0.15, 0.2) is 12.3 Å². The molecule has 0 amide bonds. The molecule has 0 aromatic carbocycles. The highest BCUT2D eigenvalue weighted by atomic mass is 16.3. The van der Waals surface area contributed by atoms with Crippen LogP contribution < -0.4 is 0 Å². The molecule has 1 N–H and O–H groups in total. The first-order valence-corrected chi connectivity index (χ1v) is 4.96. The molecule has 0 fully saturated rings. The van der Waals surface area contributed by atoms with Gasteiger partial charge in [-0.25, -0.2) is 4.98 Å². The van der Waals surface area contributed by atoms with E-state index in [9.17, 15) is 5.11 Å². The third kappa shape index (κ3) is 1.70. The predicted molar refractivity (Wildman–Crippen MR) is 55.4 cm³/mol. The fourth-order valence-electron chi connectivity index (χ4n) is 1.44. The van der Waals surface area contributed by atoms with Crippen molar-refractivity contribution in [2.45, 2.75) is 32.8 Å². The third-order valence-electron chi connectivity index (χ3n) is 2.25. The van der Waals surface area contributed by atoms with Crippen LogP contribution in [0.1, 0.15) is 32.3 Å². The first kappa shape index (κ1) is 10.0. The minimum atomic E-state index is -1.01. The van der Waals surface area contributed by atoms with E-state index in [1.807, 2.05) is 19.2 Å². The van der Waals surface area contributed by atoms with E-state index in [1.165, 1.54) is 0 Å². The standard InChI is InChI=1S/C10H14N4O/c1-4-7-5-6-14-8(10(2,3)15)12-13-9(14)11-7/h5-6,15H,4H2,1-3H3. The van der Waals surface area contributed by atoms with Gasteiger partial charge in [0.15, 0.2) is 5.82 Å². The number of fused-ring (bicyclic) bond motifs is 1. The highest BCUT2D eigenvalue weighted by Gasteiger charge is 2.23. The maximum Gasteiger partial charge on any atom is 0.255 e. The van der Waals surface area contributed by atoms with Crippen molar-refractivity contribution >= 4 is 5.78 Å². The molecule has 0 aliphatic carbocycles. The Labute approximate surface area is 87.8 Å². The molecular formula is C10H14N4O. The monoisotopic (exact) mass is 206 g/mol. The van der Waals surface area contributed by atoms with E-state index in [0.29, 0.717) is 11.6 Å². The van der Waals surface area contributed by atoms with E-state index >= 15 is 0 Å². The third-order valence-corrected chi connectivity index (χ3v) is 2.25. The Bertz CT molecular complexity index is 484. The molecule has 5 nitrogen and oxygen atoms in total. The first-order valence-electron chi connectivity index (χ1n) is 4.96. The van der Waals surface area contributed by atoms with Gasteiger partial charge in [-0.2, -0.15) is 0 Å². The van der Waals surface area contributed by atoms with Crippen LogP contribution in [0.3, 0.4) is 0 Å². The summed E-state index contributed by atoms with van der Waals surface area (Å²) >= 11 is 0. The van der Waals surface area contributed by atoms with Gasteiger partial charge in [0.25, 0.3) is 5.78 Å². The zero-order valence-electron chi connectivity index (χ0n) is 9.10. The second-order valence-corrected chi connectivity index (χ2v) is 4.03. The first-order chi connectivity index (χ1) is 7.02. The van der Waals surface area contributed by atoms with Crippen LogP contribution in [-0.2, 0) is 12.0 Å². The highest BCUT2D eigenvalue weighted by Crippen LogP contribution is 2.17. The molecule has 0 atom stereocenters. The molecule has 0 bridgehead atoms. The Morgan fingerprint density at radius 2 is 2.13 bits per heavy atom. The Morgan fingerprint density at radius 3 is 2.73 bits per heavy atom. The Balaban J connectivity index is 2.62. The summed E-state index contributed by atoms with van der Waals surface area (Å²) in [4.78, 5) is 4.31. The van der Waals surface area contributed by atoms with Gasteiger partial charge in [-0.15, -0.1) is 10.2 Å². The molecule has 0 saturated carbocycles. The molecule has 2 aromatic heterocycles. The van der Waals surface area contributed by atoms with Crippen LogP contribution in [0.2, 0.25) is 0 Å². The average molecular weight is 206 g/mol. The van der Waals surface area contributed by atoms with Gasteiger partial charge in [0.05, 0.1) is 0 Å². The average Bonchev–Trinajstić information content (AvgIpc) is 2.59. The van der Waals surface area contributed by atoms with Crippen LogP contribution in [0.25, 0.3) is 5.78 Å². The zero-order valence-corrected chi connectivity index (χ0v) is 9.10. The SMILES string of the molecule is CCc1ccn2c(C(C)(C)O)nnc2n1. The van der Waals surface area contributed by atoms with Crippen molar-refractivity contribution in [2.75, 3.05) is 0 Å². The maximum absolute atomic E-state index is 9.85. The van der Waals surface area contributed by atoms with Crippen LogP contribution in [0.4, 0.5) is 0 Å². The van der Waals surface area contributed by atoms with Gasteiger partial charge < -0.3 is 5.11 Å². The van der Waals surface area contributed by atoms with Crippen LogP contribution in [-0.4, -0.2) is 24.7 Å². The zero-order chi connectivity index (χ0) is 11.1. The summed E-state index contributed by atoms with van der Waals surface area (Å²) in [6.07, 6.45) is 2.70. The Morgan fingerprint density at radius 1 is 1.40 bits per heavy atom. The molecule has 15 heavy (non-hydrogen) atoms. The summed E-state index contributed by atoms with van der Waals surface area (Å²) in [5, 5.41) is 17.7. The molecular weight excluding hydrogens is 192 g/mol. The van der Waals surface area contributed by atoms with Gasteiger partial charge in [-0.3, -0.25) is 4.40 Å². The highest BCUT2D eigenvalue weighted by molar-refractivity contribution is 5.30. The van der Waals surface area contributed by atoms with Crippen molar-refractivity contribution < 1.29 is 5.11 Å². The molecule has 2 rings (SSSR count). The molecule has 0 aliphatic heterocycles. The molecule has 0 radical (unpaired) electrons. The van der Waals surface area contributed by atoms with E-state index in [0.717, 1.165) is 12.1 Å². The fourth-order valence-corrected chi connectivity index (χ4v) is 1.44. The molecule has 0 saturated heterocycles. The fraction of sp³-hybridized carbons (Fsp3) is 0.500. The lowest BCUT2D eigenvalue weighted by Gasteiger charge is -2.14. The molecule has 2 aromatic rings. The Kier molecular flexibility index (Phi) is 2.19. The largest absolute Gasteiger partial charge is 0.382 e. The lowest BCUT2D eigenvalue weighted by atomic mass is 10.1. The quantitative estimate of drug-likeness (QED) is 0.793. The second kappa shape index (κ2) is 3.27. The van der Waals surface area contributed by atoms with Gasteiger partial charge in [-0.1, -0.05) is 6.92 Å². The van der Waals surface area contributed by atoms with Gasteiger partial charge in [0, 0.05) is 11.9 Å². The smallest absolute Gasteiger partial charge is 0.255 e. The lowest BCUT2D eigenvalue weighted by Crippen LogP contribution is -2.19. The van der Waals surface area contributed by atoms with Crippen molar-refractivity contribution in [1.82, 2.24) is 19.6 Å². The van der Waals surface area contributed by atoms with E-state index in [4.69, 9.17) is 0 Å². The molecule has 0 spiro atoms. The number of nitrogens with zero attached hydrogens (tertiary/aromatic N) is 4. The predicted octanol–water partition coefficient (Wildman–Crippen LogP) is 0.914. The number of aliphatic hydroxyl groups is 1. The number of hydrogen-bond acceptors (Lipinski definition) is 4. The lowest BCUT2D eigenvalue weighted by molar-refractivity contribution is 0.0676. The number of hydrogen-bond donors (Lipinski definition) is 1. The van der Waals surface area contributed by atoms with Crippen LogP contribution in [0.5, 0.6) is 0 Å². The van der Waals surface area contributed by atoms with Crippen LogP contribution >= 0.6 is 0 Å². The molecule has 80 valence electrons.